The summed E-state index contributed by atoms with van der Waals surface area (Å²) >= 11 is 0. The van der Waals surface area contributed by atoms with Crippen LogP contribution in [0, 0.1) is 0 Å². The van der Waals surface area contributed by atoms with Crippen LogP contribution in [-0.4, -0.2) is 63.5 Å². The summed E-state index contributed by atoms with van der Waals surface area (Å²) in [5, 5.41) is 7.50. The predicted octanol–water partition coefficient (Wildman–Crippen LogP) is 2.29. The molecule has 1 fully saturated rings. The Bertz CT molecular complexity index is 1220. The van der Waals surface area contributed by atoms with Crippen LogP contribution in [0.1, 0.15) is 44.1 Å². The van der Waals surface area contributed by atoms with E-state index in [1.807, 2.05) is 53.2 Å². The van der Waals surface area contributed by atoms with Crippen molar-refractivity contribution < 1.29 is 14.4 Å². The third-order valence-electron chi connectivity index (χ3n) is 6.65. The number of nitrogens with one attached hydrogen (secondary N) is 1. The fourth-order valence-corrected chi connectivity index (χ4v) is 4.82. The van der Waals surface area contributed by atoms with Crippen molar-refractivity contribution >= 4 is 17.7 Å². The summed E-state index contributed by atoms with van der Waals surface area (Å²) in [5.74, 6) is -0.461. The zero-order valence-corrected chi connectivity index (χ0v) is 19.7. The molecule has 0 atom stereocenters. The summed E-state index contributed by atoms with van der Waals surface area (Å²) in [6.45, 7) is 2.52. The highest BCUT2D eigenvalue weighted by Gasteiger charge is 2.33. The largest absolute Gasteiger partial charge is 0.353 e. The molecule has 0 bridgehead atoms. The molecule has 2 aromatic carbocycles. The number of piperazine rings is 1. The molecule has 3 amide bonds. The second-order valence-electron chi connectivity index (χ2n) is 9.01. The van der Waals surface area contributed by atoms with Gasteiger partial charge in [0.25, 0.3) is 11.8 Å². The zero-order chi connectivity index (χ0) is 24.2. The first-order valence-electron chi connectivity index (χ1n) is 12.1. The highest BCUT2D eigenvalue weighted by molar-refractivity contribution is 5.98. The topological polar surface area (TPSA) is 87.5 Å². The lowest BCUT2D eigenvalue weighted by molar-refractivity contribution is -0.123. The number of carbonyl (C=O) groups excluding carboxylic acids is 3. The third kappa shape index (κ3) is 4.96. The van der Waals surface area contributed by atoms with Crippen molar-refractivity contribution in [3.05, 3.63) is 88.7 Å². The van der Waals surface area contributed by atoms with E-state index < -0.39 is 0 Å². The summed E-state index contributed by atoms with van der Waals surface area (Å²) in [6, 6.07) is 19.5. The smallest absolute Gasteiger partial charge is 0.275 e. The number of nitrogens with zero attached hydrogens (tertiary/aromatic N) is 4. The van der Waals surface area contributed by atoms with Gasteiger partial charge < -0.3 is 15.1 Å². The summed E-state index contributed by atoms with van der Waals surface area (Å²) < 4.78 is 1.94. The first kappa shape index (κ1) is 22.8. The lowest BCUT2D eigenvalue weighted by Gasteiger charge is -2.29. The Kier molecular flexibility index (Phi) is 6.61. The number of aromatic nitrogens is 2. The molecule has 0 radical (unpaired) electrons. The van der Waals surface area contributed by atoms with Gasteiger partial charge in [0.15, 0.2) is 5.69 Å². The highest BCUT2D eigenvalue weighted by Crippen LogP contribution is 2.26. The van der Waals surface area contributed by atoms with Crippen LogP contribution >= 0.6 is 0 Å². The van der Waals surface area contributed by atoms with Crippen molar-refractivity contribution in [2.45, 2.75) is 32.4 Å². The average Bonchev–Trinajstić information content (AvgIpc) is 3.26. The van der Waals surface area contributed by atoms with Gasteiger partial charge in [-0.2, -0.15) is 5.10 Å². The lowest BCUT2D eigenvalue weighted by atomic mass is 10.0. The van der Waals surface area contributed by atoms with E-state index in [9.17, 15) is 14.4 Å². The number of fused-ring (bicyclic) bond motifs is 1. The molecule has 8 nitrogen and oxygen atoms in total. The first-order valence-corrected chi connectivity index (χ1v) is 12.1. The maximum atomic E-state index is 13.4. The molecule has 0 saturated carbocycles. The van der Waals surface area contributed by atoms with Crippen molar-refractivity contribution in [1.82, 2.24) is 24.9 Å². The number of benzene rings is 2. The van der Waals surface area contributed by atoms with Gasteiger partial charge in [-0.1, -0.05) is 48.5 Å². The fourth-order valence-electron chi connectivity index (χ4n) is 4.82. The number of hydrogen-bond donors (Lipinski definition) is 1. The Morgan fingerprint density at radius 1 is 0.886 bits per heavy atom. The second kappa shape index (κ2) is 10.1. The Morgan fingerprint density at radius 2 is 1.60 bits per heavy atom. The summed E-state index contributed by atoms with van der Waals surface area (Å²) in [5.41, 5.74) is 4.08. The highest BCUT2D eigenvalue weighted by atomic mass is 16.2. The average molecular weight is 472 g/mol. The predicted molar refractivity (Wildman–Crippen MR) is 131 cm³/mol. The lowest BCUT2D eigenvalue weighted by Crippen LogP contribution is -2.50. The van der Waals surface area contributed by atoms with Crippen molar-refractivity contribution in [3.8, 4) is 0 Å². The van der Waals surface area contributed by atoms with E-state index in [4.69, 9.17) is 5.10 Å². The molecule has 5 rings (SSSR count). The number of amides is 3. The molecule has 0 aliphatic carbocycles. The van der Waals surface area contributed by atoms with Crippen molar-refractivity contribution in [1.29, 1.82) is 0 Å². The molecule has 3 heterocycles. The fraction of sp³-hybridized carbons (Fsp3) is 0.333. The van der Waals surface area contributed by atoms with Gasteiger partial charge in [-0.05, 0) is 30.5 Å². The van der Waals surface area contributed by atoms with E-state index in [-0.39, 0.29) is 24.3 Å². The van der Waals surface area contributed by atoms with Crippen LogP contribution < -0.4 is 5.32 Å². The summed E-state index contributed by atoms with van der Waals surface area (Å²) in [4.78, 5) is 41.8. The number of rotatable bonds is 6. The van der Waals surface area contributed by atoms with Crippen LogP contribution in [0.15, 0.2) is 60.7 Å². The van der Waals surface area contributed by atoms with E-state index in [2.05, 4.69) is 17.4 Å². The van der Waals surface area contributed by atoms with Crippen LogP contribution in [0.3, 0.4) is 0 Å². The van der Waals surface area contributed by atoms with Gasteiger partial charge in [0.2, 0.25) is 5.91 Å². The van der Waals surface area contributed by atoms with Crippen molar-refractivity contribution in [2.75, 3.05) is 26.2 Å². The number of hydrogen-bond acceptors (Lipinski definition) is 4. The molecular weight excluding hydrogens is 442 g/mol. The molecule has 2 aliphatic heterocycles. The van der Waals surface area contributed by atoms with Gasteiger partial charge in [0.1, 0.15) is 0 Å². The minimum absolute atomic E-state index is 0.0289. The maximum Gasteiger partial charge on any atom is 0.275 e. The van der Waals surface area contributed by atoms with Crippen LogP contribution in [-0.2, 0) is 30.7 Å². The first-order chi connectivity index (χ1) is 17.1. The summed E-state index contributed by atoms with van der Waals surface area (Å²) in [7, 11) is 0. The van der Waals surface area contributed by atoms with E-state index in [1.165, 1.54) is 5.56 Å². The zero-order valence-electron chi connectivity index (χ0n) is 19.7. The minimum atomic E-state index is -0.244. The SMILES string of the molecule is O=C1CN(C(=O)c2nn(CCCc3ccccc3)c3c2CN(C(=O)c2ccccc2)CC3)CCN1. The Balaban J connectivity index is 1.40. The van der Waals surface area contributed by atoms with Crippen molar-refractivity contribution in [3.63, 3.8) is 0 Å². The van der Waals surface area contributed by atoms with Crippen LogP contribution in [0.25, 0.3) is 0 Å². The Labute approximate surface area is 204 Å². The Hall–Kier alpha value is -3.94. The molecule has 2 aliphatic rings. The van der Waals surface area contributed by atoms with Gasteiger partial charge in [0.05, 0.1) is 13.1 Å². The second-order valence-corrected chi connectivity index (χ2v) is 9.01. The van der Waals surface area contributed by atoms with E-state index in [1.54, 1.807) is 9.80 Å². The molecule has 0 spiro atoms. The van der Waals surface area contributed by atoms with Gasteiger partial charge >= 0.3 is 0 Å². The summed E-state index contributed by atoms with van der Waals surface area (Å²) in [6.07, 6.45) is 2.45. The molecule has 180 valence electrons. The van der Waals surface area contributed by atoms with Gasteiger partial charge in [-0.3, -0.25) is 19.1 Å². The van der Waals surface area contributed by atoms with Gasteiger partial charge in [-0.25, -0.2) is 0 Å². The van der Waals surface area contributed by atoms with Gasteiger partial charge in [-0.15, -0.1) is 0 Å². The molecule has 0 unspecified atom stereocenters. The molecule has 8 heteroatoms. The van der Waals surface area contributed by atoms with E-state index >= 15 is 0 Å². The van der Waals surface area contributed by atoms with E-state index in [0.29, 0.717) is 50.4 Å². The molecule has 3 aromatic rings. The van der Waals surface area contributed by atoms with Gasteiger partial charge in [0, 0.05) is 49.4 Å². The molecule has 1 saturated heterocycles. The molecular formula is C27H29N5O3. The van der Waals surface area contributed by atoms with Crippen LogP contribution in [0.2, 0.25) is 0 Å². The Morgan fingerprint density at radius 3 is 2.34 bits per heavy atom. The quantitative estimate of drug-likeness (QED) is 0.598. The standard InChI is InChI=1S/C27H29N5O3/c33-24-19-31(17-14-28-24)27(35)25-22-18-30(26(34)21-11-5-2-6-12-21)16-13-23(22)32(29-25)15-7-10-20-8-3-1-4-9-20/h1-6,8-9,11-12H,7,10,13-19H2,(H,28,33). The maximum absolute atomic E-state index is 13.4. The molecule has 1 aromatic heterocycles. The number of aryl methyl sites for hydroxylation is 2. The normalized spacial score (nSPS) is 15.5. The minimum Gasteiger partial charge on any atom is -0.353 e. The van der Waals surface area contributed by atoms with E-state index in [0.717, 1.165) is 24.1 Å². The van der Waals surface area contributed by atoms with Crippen LogP contribution in [0.4, 0.5) is 0 Å². The molecule has 35 heavy (non-hydrogen) atoms. The molecule has 1 N–H and O–H groups in total. The monoisotopic (exact) mass is 471 g/mol. The third-order valence-corrected chi connectivity index (χ3v) is 6.65. The van der Waals surface area contributed by atoms with Crippen molar-refractivity contribution in [2.24, 2.45) is 0 Å². The van der Waals surface area contributed by atoms with Crippen LogP contribution in [0.5, 0.6) is 0 Å². The number of carbonyl (C=O) groups is 3.